The molecule has 0 saturated heterocycles. The highest BCUT2D eigenvalue weighted by Gasteiger charge is 2.03. The van der Waals surface area contributed by atoms with E-state index in [0.717, 1.165) is 11.6 Å². The van der Waals surface area contributed by atoms with Crippen molar-refractivity contribution in [2.45, 2.75) is 0 Å². The van der Waals surface area contributed by atoms with Gasteiger partial charge in [-0.2, -0.15) is 0 Å². The Morgan fingerprint density at radius 2 is 2.08 bits per heavy atom. The molecule has 0 bridgehead atoms. The van der Waals surface area contributed by atoms with Crippen LogP contribution in [0.25, 0.3) is 6.08 Å². The lowest BCUT2D eigenvalue weighted by molar-refractivity contribution is 0.298. The van der Waals surface area contributed by atoms with E-state index in [2.05, 4.69) is 11.4 Å². The van der Waals surface area contributed by atoms with Crippen molar-refractivity contribution >= 4 is 11.8 Å². The number of hydrogen-bond acceptors (Lipinski definition) is 2. The molecule has 1 aromatic rings. The van der Waals surface area contributed by atoms with Crippen LogP contribution >= 0.6 is 0 Å². The number of hydrogen-bond donors (Lipinski definition) is 1. The Bertz CT molecular complexity index is 366. The molecule has 0 unspecified atom stereocenters. The Morgan fingerprint density at radius 1 is 1.23 bits per heavy atom. The van der Waals surface area contributed by atoms with Gasteiger partial charge in [0.15, 0.2) is 5.88 Å². The standard InChI is InChI=1S/C11H11NO/c1-13-11-8-4-6-9-5-2-3-7-10(9)12-11/h2-8,12H,1H3. The van der Waals surface area contributed by atoms with Gasteiger partial charge in [0.1, 0.15) is 0 Å². The first-order chi connectivity index (χ1) is 6.40. The van der Waals surface area contributed by atoms with Gasteiger partial charge in [0.05, 0.1) is 7.11 Å². The summed E-state index contributed by atoms with van der Waals surface area (Å²) >= 11 is 0. The van der Waals surface area contributed by atoms with Gasteiger partial charge >= 0.3 is 0 Å². The summed E-state index contributed by atoms with van der Waals surface area (Å²) in [6.45, 7) is 0. The van der Waals surface area contributed by atoms with Gasteiger partial charge in [-0.1, -0.05) is 30.4 Å². The lowest BCUT2D eigenvalue weighted by Crippen LogP contribution is -2.00. The van der Waals surface area contributed by atoms with Crippen LogP contribution in [0.2, 0.25) is 0 Å². The largest absolute Gasteiger partial charge is 0.482 e. The van der Waals surface area contributed by atoms with E-state index >= 15 is 0 Å². The van der Waals surface area contributed by atoms with Gasteiger partial charge < -0.3 is 10.1 Å². The third-order valence-corrected chi connectivity index (χ3v) is 1.96. The van der Waals surface area contributed by atoms with E-state index in [4.69, 9.17) is 4.74 Å². The average molecular weight is 173 g/mol. The second-order valence-corrected chi connectivity index (χ2v) is 2.81. The molecule has 1 aliphatic heterocycles. The molecule has 1 N–H and O–H groups in total. The van der Waals surface area contributed by atoms with Crippen molar-refractivity contribution in [2.24, 2.45) is 0 Å². The van der Waals surface area contributed by atoms with Crippen LogP contribution in [0.1, 0.15) is 5.56 Å². The maximum absolute atomic E-state index is 5.13. The summed E-state index contributed by atoms with van der Waals surface area (Å²) in [5.74, 6) is 0.765. The Labute approximate surface area is 77.5 Å². The van der Waals surface area contributed by atoms with Crippen molar-refractivity contribution < 1.29 is 4.74 Å². The average Bonchev–Trinajstić information content (AvgIpc) is 2.38. The normalized spacial score (nSPS) is 13.8. The first-order valence-electron chi connectivity index (χ1n) is 4.18. The lowest BCUT2D eigenvalue weighted by Gasteiger charge is -2.09. The van der Waals surface area contributed by atoms with Crippen LogP contribution in [-0.4, -0.2) is 7.11 Å². The predicted octanol–water partition coefficient (Wildman–Crippen LogP) is 2.61. The first kappa shape index (κ1) is 7.92. The van der Waals surface area contributed by atoms with Gasteiger partial charge in [0, 0.05) is 5.69 Å². The zero-order chi connectivity index (χ0) is 9.10. The molecule has 0 atom stereocenters. The molecule has 1 aromatic carbocycles. The highest BCUT2D eigenvalue weighted by molar-refractivity contribution is 5.70. The number of nitrogens with one attached hydrogen (secondary N) is 1. The Morgan fingerprint density at radius 3 is 2.92 bits per heavy atom. The Balaban J connectivity index is 2.40. The fourth-order valence-electron chi connectivity index (χ4n) is 1.29. The zero-order valence-electron chi connectivity index (χ0n) is 7.45. The molecule has 0 aliphatic carbocycles. The molecule has 0 spiro atoms. The van der Waals surface area contributed by atoms with E-state index < -0.39 is 0 Å². The van der Waals surface area contributed by atoms with Crippen LogP contribution in [0.3, 0.4) is 0 Å². The summed E-state index contributed by atoms with van der Waals surface area (Å²) in [6, 6.07) is 8.10. The van der Waals surface area contributed by atoms with Crippen LogP contribution in [0, 0.1) is 0 Å². The monoisotopic (exact) mass is 173 g/mol. The summed E-state index contributed by atoms with van der Waals surface area (Å²) in [4.78, 5) is 0. The molecule has 1 aliphatic rings. The number of methoxy groups -OCH3 is 1. The highest BCUT2D eigenvalue weighted by atomic mass is 16.5. The van der Waals surface area contributed by atoms with Crippen molar-refractivity contribution in [1.82, 2.24) is 0 Å². The molecule has 13 heavy (non-hydrogen) atoms. The van der Waals surface area contributed by atoms with Gasteiger partial charge in [-0.25, -0.2) is 0 Å². The minimum Gasteiger partial charge on any atom is -0.482 e. The van der Waals surface area contributed by atoms with Gasteiger partial charge in [-0.15, -0.1) is 0 Å². The third-order valence-electron chi connectivity index (χ3n) is 1.96. The molecular formula is C11H11NO. The van der Waals surface area contributed by atoms with Crippen molar-refractivity contribution in [3.8, 4) is 0 Å². The maximum atomic E-state index is 5.13. The highest BCUT2D eigenvalue weighted by Crippen LogP contribution is 2.21. The zero-order valence-corrected chi connectivity index (χ0v) is 7.45. The summed E-state index contributed by atoms with van der Waals surface area (Å²) in [5, 5.41) is 3.19. The number of allylic oxidation sites excluding steroid dienone is 2. The number of ether oxygens (including phenoxy) is 1. The Kier molecular flexibility index (Phi) is 2.04. The molecule has 2 heteroatoms. The van der Waals surface area contributed by atoms with Gasteiger partial charge in [-0.3, -0.25) is 0 Å². The van der Waals surface area contributed by atoms with Crippen LogP contribution in [0.4, 0.5) is 5.69 Å². The summed E-state index contributed by atoms with van der Waals surface area (Å²) in [7, 11) is 1.65. The van der Waals surface area contributed by atoms with Crippen LogP contribution in [-0.2, 0) is 4.74 Å². The van der Waals surface area contributed by atoms with E-state index in [0.29, 0.717) is 0 Å². The third kappa shape index (κ3) is 1.56. The van der Waals surface area contributed by atoms with Gasteiger partial charge in [-0.05, 0) is 17.7 Å². The number of anilines is 1. The van der Waals surface area contributed by atoms with Crippen LogP contribution < -0.4 is 5.32 Å². The molecule has 0 aromatic heterocycles. The van der Waals surface area contributed by atoms with Crippen molar-refractivity contribution in [2.75, 3.05) is 12.4 Å². The molecule has 1 heterocycles. The molecule has 2 rings (SSSR count). The smallest absolute Gasteiger partial charge is 0.190 e. The number of rotatable bonds is 1. The number of para-hydroxylation sites is 1. The predicted molar refractivity (Wildman–Crippen MR) is 54.2 cm³/mol. The molecule has 0 saturated carbocycles. The maximum Gasteiger partial charge on any atom is 0.190 e. The molecular weight excluding hydrogens is 162 g/mol. The van der Waals surface area contributed by atoms with E-state index in [1.165, 1.54) is 5.56 Å². The van der Waals surface area contributed by atoms with Crippen LogP contribution in [0.5, 0.6) is 0 Å². The van der Waals surface area contributed by atoms with E-state index in [9.17, 15) is 0 Å². The van der Waals surface area contributed by atoms with Crippen molar-refractivity contribution in [3.63, 3.8) is 0 Å². The van der Waals surface area contributed by atoms with Gasteiger partial charge in [0.25, 0.3) is 0 Å². The summed E-state index contributed by atoms with van der Waals surface area (Å²) in [5.41, 5.74) is 2.25. The molecule has 0 radical (unpaired) electrons. The summed E-state index contributed by atoms with van der Waals surface area (Å²) in [6.07, 6.45) is 5.92. The lowest BCUT2D eigenvalue weighted by atomic mass is 10.2. The second-order valence-electron chi connectivity index (χ2n) is 2.81. The van der Waals surface area contributed by atoms with Crippen molar-refractivity contribution in [1.29, 1.82) is 0 Å². The van der Waals surface area contributed by atoms with E-state index in [1.807, 2.05) is 36.4 Å². The number of benzene rings is 1. The number of fused-ring (bicyclic) bond motifs is 1. The summed E-state index contributed by atoms with van der Waals surface area (Å²) < 4.78 is 5.13. The van der Waals surface area contributed by atoms with E-state index in [1.54, 1.807) is 7.11 Å². The topological polar surface area (TPSA) is 21.3 Å². The van der Waals surface area contributed by atoms with Gasteiger partial charge in [0.2, 0.25) is 0 Å². The van der Waals surface area contributed by atoms with Crippen molar-refractivity contribution in [3.05, 3.63) is 47.9 Å². The quantitative estimate of drug-likeness (QED) is 0.704. The minimum absolute atomic E-state index is 0.765. The molecule has 66 valence electrons. The minimum atomic E-state index is 0.765. The fourth-order valence-corrected chi connectivity index (χ4v) is 1.29. The Hall–Kier alpha value is -1.70. The molecule has 2 nitrogen and oxygen atoms in total. The molecule has 0 amide bonds. The second kappa shape index (κ2) is 3.35. The SMILES string of the molecule is COC1=CC=Cc2ccccc2N1. The van der Waals surface area contributed by atoms with Crippen LogP contribution in [0.15, 0.2) is 42.3 Å². The van der Waals surface area contributed by atoms with E-state index in [-0.39, 0.29) is 0 Å². The first-order valence-corrected chi connectivity index (χ1v) is 4.18. The fraction of sp³-hybridized carbons (Fsp3) is 0.0909. The molecule has 0 fully saturated rings.